The van der Waals surface area contributed by atoms with Crippen LogP contribution in [0.25, 0.3) is 11.3 Å². The van der Waals surface area contributed by atoms with Gasteiger partial charge in [-0.05, 0) is 19.1 Å². The van der Waals surface area contributed by atoms with Crippen LogP contribution in [0.2, 0.25) is 0 Å². The molecule has 0 saturated heterocycles. The maximum atomic E-state index is 13.7. The highest BCUT2D eigenvalue weighted by molar-refractivity contribution is 5.89. The lowest BCUT2D eigenvalue weighted by Gasteiger charge is -2.01. The molecule has 124 valence electrons. The van der Waals surface area contributed by atoms with Crippen molar-refractivity contribution in [2.45, 2.75) is 19.8 Å². The zero-order valence-electron chi connectivity index (χ0n) is 12.7. The molecule has 6 nitrogen and oxygen atoms in total. The Morgan fingerprint density at radius 1 is 1.29 bits per heavy atom. The Balaban J connectivity index is 1.63. The Morgan fingerprint density at radius 3 is 2.71 bits per heavy atom. The molecule has 0 unspecified atom stereocenters. The minimum atomic E-state index is -0.739. The molecule has 0 atom stereocenters. The summed E-state index contributed by atoms with van der Waals surface area (Å²) in [5.41, 5.74) is -0.279. The van der Waals surface area contributed by atoms with Crippen LogP contribution in [0.1, 0.15) is 18.1 Å². The van der Waals surface area contributed by atoms with Crippen LogP contribution in [-0.4, -0.2) is 16.0 Å². The molecule has 0 saturated carbocycles. The van der Waals surface area contributed by atoms with Crippen LogP contribution in [0.3, 0.4) is 0 Å². The van der Waals surface area contributed by atoms with E-state index in [9.17, 15) is 13.6 Å². The third-order valence-electron chi connectivity index (χ3n) is 3.22. The average Bonchev–Trinajstić information content (AvgIpc) is 3.14. The van der Waals surface area contributed by atoms with E-state index in [0.29, 0.717) is 11.6 Å². The van der Waals surface area contributed by atoms with Gasteiger partial charge in [-0.1, -0.05) is 11.2 Å². The predicted octanol–water partition coefficient (Wildman–Crippen LogP) is 3.49. The Labute approximate surface area is 135 Å². The number of hydrogen-bond donors (Lipinski definition) is 1. The zero-order chi connectivity index (χ0) is 17.1. The van der Waals surface area contributed by atoms with Gasteiger partial charge in [-0.25, -0.2) is 13.8 Å². The van der Waals surface area contributed by atoms with Gasteiger partial charge in [0.05, 0.1) is 11.8 Å². The van der Waals surface area contributed by atoms with Crippen LogP contribution < -0.4 is 5.32 Å². The summed E-state index contributed by atoms with van der Waals surface area (Å²) in [5, 5.41) is 6.20. The maximum Gasteiger partial charge on any atom is 0.226 e. The molecule has 1 N–H and O–H groups in total. The van der Waals surface area contributed by atoms with Crippen LogP contribution >= 0.6 is 0 Å². The summed E-state index contributed by atoms with van der Waals surface area (Å²) in [7, 11) is 0. The molecule has 0 aliphatic heterocycles. The summed E-state index contributed by atoms with van der Waals surface area (Å²) >= 11 is 0. The Hall–Kier alpha value is -3.03. The van der Waals surface area contributed by atoms with Gasteiger partial charge in [0, 0.05) is 18.9 Å². The molecule has 2 aromatic heterocycles. The van der Waals surface area contributed by atoms with Gasteiger partial charge in [0.15, 0.2) is 17.5 Å². The SMILES string of the molecule is Cc1cc(NC(=O)CCc2ncc(-c3c(F)cccc3F)o2)no1. The molecule has 0 spiro atoms. The van der Waals surface area contributed by atoms with Gasteiger partial charge in [-0.2, -0.15) is 0 Å². The normalized spacial score (nSPS) is 10.8. The Bertz CT molecular complexity index is 853. The zero-order valence-corrected chi connectivity index (χ0v) is 12.7. The highest BCUT2D eigenvalue weighted by Gasteiger charge is 2.16. The number of aromatic nitrogens is 2. The van der Waals surface area contributed by atoms with Crippen LogP contribution in [-0.2, 0) is 11.2 Å². The molecule has 8 heteroatoms. The molecule has 3 rings (SSSR count). The molecule has 0 aliphatic carbocycles. The van der Waals surface area contributed by atoms with Crippen LogP contribution in [0.15, 0.2) is 39.4 Å². The molecular formula is C16H13F2N3O3. The summed E-state index contributed by atoms with van der Waals surface area (Å²) in [6.07, 6.45) is 1.49. The fourth-order valence-corrected chi connectivity index (χ4v) is 2.13. The van der Waals surface area contributed by atoms with E-state index in [1.54, 1.807) is 13.0 Å². The number of amides is 1. The third-order valence-corrected chi connectivity index (χ3v) is 3.22. The van der Waals surface area contributed by atoms with E-state index >= 15 is 0 Å². The summed E-state index contributed by atoms with van der Waals surface area (Å²) in [6.45, 7) is 1.71. The van der Waals surface area contributed by atoms with E-state index < -0.39 is 11.6 Å². The van der Waals surface area contributed by atoms with Gasteiger partial charge in [-0.15, -0.1) is 0 Å². The van der Waals surface area contributed by atoms with Crippen molar-refractivity contribution in [1.82, 2.24) is 10.1 Å². The largest absolute Gasteiger partial charge is 0.441 e. The van der Waals surface area contributed by atoms with Crippen molar-refractivity contribution in [1.29, 1.82) is 0 Å². The molecule has 3 aromatic rings. The molecular weight excluding hydrogens is 320 g/mol. The average molecular weight is 333 g/mol. The number of rotatable bonds is 5. The van der Waals surface area contributed by atoms with Crippen molar-refractivity contribution < 1.29 is 22.5 Å². The first-order valence-electron chi connectivity index (χ1n) is 7.15. The van der Waals surface area contributed by atoms with E-state index in [0.717, 1.165) is 12.1 Å². The fourth-order valence-electron chi connectivity index (χ4n) is 2.13. The second-order valence-corrected chi connectivity index (χ2v) is 5.09. The van der Waals surface area contributed by atoms with Crippen molar-refractivity contribution in [3.05, 3.63) is 53.7 Å². The summed E-state index contributed by atoms with van der Waals surface area (Å²) in [5.74, 6) is -0.699. The van der Waals surface area contributed by atoms with E-state index in [1.165, 1.54) is 12.3 Å². The quantitative estimate of drug-likeness (QED) is 0.773. The number of nitrogens with one attached hydrogen (secondary N) is 1. The van der Waals surface area contributed by atoms with Gasteiger partial charge in [0.25, 0.3) is 0 Å². The minimum absolute atomic E-state index is 0.0202. The van der Waals surface area contributed by atoms with Crippen molar-refractivity contribution in [3.8, 4) is 11.3 Å². The second kappa shape index (κ2) is 6.61. The molecule has 2 heterocycles. The minimum Gasteiger partial charge on any atom is -0.441 e. The number of anilines is 1. The van der Waals surface area contributed by atoms with Crippen LogP contribution in [0, 0.1) is 18.6 Å². The van der Waals surface area contributed by atoms with E-state index in [1.807, 2.05) is 0 Å². The van der Waals surface area contributed by atoms with E-state index in [2.05, 4.69) is 15.5 Å². The molecule has 24 heavy (non-hydrogen) atoms. The number of halogens is 2. The van der Waals surface area contributed by atoms with Crippen molar-refractivity contribution in [2.24, 2.45) is 0 Å². The first-order chi connectivity index (χ1) is 11.5. The number of hydrogen-bond acceptors (Lipinski definition) is 5. The monoisotopic (exact) mass is 333 g/mol. The van der Waals surface area contributed by atoms with E-state index in [4.69, 9.17) is 8.94 Å². The fraction of sp³-hybridized carbons (Fsp3) is 0.188. The van der Waals surface area contributed by atoms with Gasteiger partial charge in [-0.3, -0.25) is 4.79 Å². The summed E-state index contributed by atoms with van der Waals surface area (Å²) in [4.78, 5) is 15.7. The lowest BCUT2D eigenvalue weighted by Crippen LogP contribution is -2.12. The van der Waals surface area contributed by atoms with Gasteiger partial charge >= 0.3 is 0 Å². The standard InChI is InChI=1S/C16H13F2N3O3/c1-9-7-13(21-24-9)20-14(22)5-6-15-19-8-12(23-15)16-10(17)3-2-4-11(16)18/h2-4,7-8H,5-6H2,1H3,(H,20,21,22). The molecule has 1 amide bonds. The number of oxazole rings is 1. The molecule has 0 aliphatic rings. The summed E-state index contributed by atoms with van der Waals surface area (Å²) in [6, 6.07) is 5.12. The number of carbonyl (C=O) groups excluding carboxylic acids is 1. The molecule has 0 radical (unpaired) electrons. The van der Waals surface area contributed by atoms with Crippen molar-refractivity contribution in [3.63, 3.8) is 0 Å². The first kappa shape index (κ1) is 15.9. The lowest BCUT2D eigenvalue weighted by atomic mass is 10.1. The topological polar surface area (TPSA) is 81.2 Å². The molecule has 0 fully saturated rings. The van der Waals surface area contributed by atoms with Crippen LogP contribution in [0.4, 0.5) is 14.6 Å². The number of aryl methyl sites for hydroxylation is 2. The first-order valence-corrected chi connectivity index (χ1v) is 7.15. The highest BCUT2D eigenvalue weighted by Crippen LogP contribution is 2.26. The smallest absolute Gasteiger partial charge is 0.226 e. The van der Waals surface area contributed by atoms with Gasteiger partial charge in [0.1, 0.15) is 17.4 Å². The van der Waals surface area contributed by atoms with Gasteiger partial charge < -0.3 is 14.3 Å². The number of nitrogens with zero attached hydrogens (tertiary/aromatic N) is 2. The lowest BCUT2D eigenvalue weighted by molar-refractivity contribution is -0.116. The van der Waals surface area contributed by atoms with E-state index in [-0.39, 0.29) is 36.0 Å². The summed E-state index contributed by atoms with van der Waals surface area (Å²) < 4.78 is 37.6. The van der Waals surface area contributed by atoms with Crippen molar-refractivity contribution >= 4 is 11.7 Å². The predicted molar refractivity (Wildman–Crippen MR) is 80.0 cm³/mol. The highest BCUT2D eigenvalue weighted by atomic mass is 19.1. The molecule has 1 aromatic carbocycles. The third kappa shape index (κ3) is 3.48. The maximum absolute atomic E-state index is 13.7. The van der Waals surface area contributed by atoms with Crippen LogP contribution in [0.5, 0.6) is 0 Å². The molecule has 0 bridgehead atoms. The number of carbonyl (C=O) groups is 1. The Morgan fingerprint density at radius 2 is 2.04 bits per heavy atom. The van der Waals surface area contributed by atoms with Crippen molar-refractivity contribution in [2.75, 3.05) is 5.32 Å². The second-order valence-electron chi connectivity index (χ2n) is 5.09. The van der Waals surface area contributed by atoms with Gasteiger partial charge in [0.2, 0.25) is 5.91 Å². The number of benzene rings is 1. The Kier molecular flexibility index (Phi) is 4.37.